The summed E-state index contributed by atoms with van der Waals surface area (Å²) in [6, 6.07) is 5.57. The Bertz CT molecular complexity index is 696. The van der Waals surface area contributed by atoms with Crippen molar-refractivity contribution in [1.29, 1.82) is 0 Å². The second-order valence-electron chi connectivity index (χ2n) is 5.41. The van der Waals surface area contributed by atoms with E-state index in [0.717, 1.165) is 36.3 Å². The van der Waals surface area contributed by atoms with Gasteiger partial charge in [0.25, 0.3) is 5.89 Å². The zero-order chi connectivity index (χ0) is 15.6. The van der Waals surface area contributed by atoms with E-state index in [1.165, 1.54) is 0 Å². The van der Waals surface area contributed by atoms with Crippen LogP contribution in [0.3, 0.4) is 0 Å². The summed E-state index contributed by atoms with van der Waals surface area (Å²) in [4.78, 5) is 4.36. The van der Waals surface area contributed by atoms with E-state index >= 15 is 0 Å². The van der Waals surface area contributed by atoms with Crippen LogP contribution < -0.4 is 15.2 Å². The summed E-state index contributed by atoms with van der Waals surface area (Å²) in [6.07, 6.45) is 6.51. The van der Waals surface area contributed by atoms with E-state index < -0.39 is 5.54 Å². The summed E-state index contributed by atoms with van der Waals surface area (Å²) in [7, 11) is 3.25. The Morgan fingerprint density at radius 1 is 1.22 bits per heavy atom. The van der Waals surface area contributed by atoms with Gasteiger partial charge in [-0.05, 0) is 43.5 Å². The highest BCUT2D eigenvalue weighted by atomic mass is 35.5. The number of nitrogens with zero attached hydrogens (tertiary/aromatic N) is 2. The van der Waals surface area contributed by atoms with E-state index in [1.54, 1.807) is 20.3 Å². The molecule has 1 aliphatic rings. The number of halogens is 1. The van der Waals surface area contributed by atoms with Crippen molar-refractivity contribution in [2.24, 2.45) is 5.73 Å². The Hall–Kier alpha value is -2.05. The molecule has 0 bridgehead atoms. The van der Waals surface area contributed by atoms with Crippen molar-refractivity contribution >= 4 is 24.6 Å². The fourth-order valence-electron chi connectivity index (χ4n) is 2.42. The molecule has 1 aromatic carbocycles. The van der Waals surface area contributed by atoms with Gasteiger partial charge in [0.2, 0.25) is 0 Å². The summed E-state index contributed by atoms with van der Waals surface area (Å²) >= 11 is 0. The lowest BCUT2D eigenvalue weighted by Gasteiger charge is -2.34. The molecule has 0 spiro atoms. The largest absolute Gasteiger partial charge is 0.497 e. The third kappa shape index (κ3) is 3.48. The first-order chi connectivity index (χ1) is 10.6. The highest BCUT2D eigenvalue weighted by Gasteiger charge is 2.38. The van der Waals surface area contributed by atoms with Gasteiger partial charge in [0.1, 0.15) is 11.5 Å². The van der Waals surface area contributed by atoms with Crippen molar-refractivity contribution < 1.29 is 14.0 Å². The molecule has 1 fully saturated rings. The summed E-state index contributed by atoms with van der Waals surface area (Å²) in [6.45, 7) is 0. The van der Waals surface area contributed by atoms with Crippen molar-refractivity contribution in [3.8, 4) is 11.5 Å². The van der Waals surface area contributed by atoms with E-state index in [1.807, 2.05) is 24.3 Å². The van der Waals surface area contributed by atoms with Crippen LogP contribution >= 0.6 is 12.4 Å². The van der Waals surface area contributed by atoms with Crippen LogP contribution in [0.15, 0.2) is 22.7 Å². The maximum absolute atomic E-state index is 6.18. The van der Waals surface area contributed by atoms with Crippen LogP contribution in [-0.2, 0) is 5.54 Å². The van der Waals surface area contributed by atoms with Gasteiger partial charge in [0.15, 0.2) is 5.82 Å². The Labute approximate surface area is 141 Å². The van der Waals surface area contributed by atoms with Gasteiger partial charge in [-0.1, -0.05) is 5.16 Å². The lowest BCUT2D eigenvalue weighted by atomic mass is 9.77. The van der Waals surface area contributed by atoms with Gasteiger partial charge in [-0.2, -0.15) is 4.98 Å². The first-order valence-electron chi connectivity index (χ1n) is 7.18. The molecule has 1 aromatic heterocycles. The average molecular weight is 338 g/mol. The number of hydrogen-bond donors (Lipinski definition) is 1. The molecule has 124 valence electrons. The fourth-order valence-corrected chi connectivity index (χ4v) is 2.42. The SMILES string of the molecule is COc1ccc(OC)c(/C=C/c2nc(C3(N)CCC3)no2)c1.Cl. The van der Waals surface area contributed by atoms with Crippen molar-refractivity contribution in [3.63, 3.8) is 0 Å². The molecule has 0 saturated heterocycles. The third-order valence-electron chi connectivity index (χ3n) is 3.98. The minimum atomic E-state index is -0.413. The Morgan fingerprint density at radius 3 is 2.61 bits per heavy atom. The molecule has 6 nitrogen and oxygen atoms in total. The molecule has 3 rings (SSSR count). The van der Waals surface area contributed by atoms with Gasteiger partial charge < -0.3 is 19.7 Å². The van der Waals surface area contributed by atoms with Crippen molar-refractivity contribution in [3.05, 3.63) is 35.5 Å². The van der Waals surface area contributed by atoms with Gasteiger partial charge in [-0.25, -0.2) is 0 Å². The number of rotatable bonds is 5. The van der Waals surface area contributed by atoms with Gasteiger partial charge >= 0.3 is 0 Å². The number of benzene rings is 1. The van der Waals surface area contributed by atoms with Crippen LogP contribution in [-0.4, -0.2) is 24.4 Å². The van der Waals surface area contributed by atoms with Crippen LogP contribution in [0.25, 0.3) is 12.2 Å². The molecule has 0 amide bonds. The molecule has 23 heavy (non-hydrogen) atoms. The molecule has 0 aliphatic heterocycles. The van der Waals surface area contributed by atoms with Gasteiger partial charge in [-0.15, -0.1) is 12.4 Å². The van der Waals surface area contributed by atoms with Crippen molar-refractivity contribution in [1.82, 2.24) is 10.1 Å². The van der Waals surface area contributed by atoms with E-state index in [0.29, 0.717) is 11.7 Å². The Kier molecular flexibility index (Phi) is 5.28. The summed E-state index contributed by atoms with van der Waals surface area (Å²) in [5, 5.41) is 3.98. The van der Waals surface area contributed by atoms with Crippen LogP contribution in [0, 0.1) is 0 Å². The third-order valence-corrected chi connectivity index (χ3v) is 3.98. The molecule has 0 unspecified atom stereocenters. The smallest absolute Gasteiger partial charge is 0.250 e. The predicted molar refractivity (Wildman–Crippen MR) is 89.7 cm³/mol. The standard InChI is InChI=1S/C16H19N3O3.ClH/c1-20-12-5-6-13(21-2)11(10-12)4-7-14-18-15(19-22-14)16(17)8-3-9-16;/h4-7,10H,3,8-9,17H2,1-2H3;1H/b7-4+;. The van der Waals surface area contributed by atoms with Crippen molar-refractivity contribution in [2.75, 3.05) is 14.2 Å². The van der Waals surface area contributed by atoms with E-state index in [4.69, 9.17) is 19.7 Å². The topological polar surface area (TPSA) is 83.4 Å². The number of nitrogens with two attached hydrogens (primary N) is 1. The highest BCUT2D eigenvalue weighted by molar-refractivity contribution is 5.85. The first kappa shape index (κ1) is 17.3. The lowest BCUT2D eigenvalue weighted by Crippen LogP contribution is -2.44. The molecular weight excluding hydrogens is 318 g/mol. The molecule has 2 N–H and O–H groups in total. The van der Waals surface area contributed by atoms with Gasteiger partial charge in [0, 0.05) is 11.6 Å². The molecule has 1 aliphatic carbocycles. The van der Waals surface area contributed by atoms with Crippen LogP contribution in [0.1, 0.15) is 36.5 Å². The first-order valence-corrected chi connectivity index (χ1v) is 7.18. The molecule has 1 saturated carbocycles. The zero-order valence-corrected chi connectivity index (χ0v) is 13.9. The molecule has 2 aromatic rings. The number of aromatic nitrogens is 2. The molecule has 0 radical (unpaired) electrons. The van der Waals surface area contributed by atoms with Crippen LogP contribution in [0.5, 0.6) is 11.5 Å². The number of methoxy groups -OCH3 is 2. The summed E-state index contributed by atoms with van der Waals surface area (Å²) in [5.74, 6) is 2.50. The highest BCUT2D eigenvalue weighted by Crippen LogP contribution is 2.37. The second kappa shape index (κ2) is 7.02. The quantitative estimate of drug-likeness (QED) is 0.902. The molecule has 0 atom stereocenters. The van der Waals surface area contributed by atoms with Crippen LogP contribution in [0.4, 0.5) is 0 Å². The van der Waals surface area contributed by atoms with Gasteiger partial charge in [-0.3, -0.25) is 0 Å². The second-order valence-corrected chi connectivity index (χ2v) is 5.41. The lowest BCUT2D eigenvalue weighted by molar-refractivity contribution is 0.229. The number of hydrogen-bond acceptors (Lipinski definition) is 6. The predicted octanol–water partition coefficient (Wildman–Crippen LogP) is 3.02. The average Bonchev–Trinajstić information content (AvgIpc) is 2.99. The maximum Gasteiger partial charge on any atom is 0.250 e. The molecule has 7 heteroatoms. The maximum atomic E-state index is 6.18. The fraction of sp³-hybridized carbons (Fsp3) is 0.375. The minimum Gasteiger partial charge on any atom is -0.497 e. The normalized spacial score (nSPS) is 15.8. The Morgan fingerprint density at radius 2 is 2.00 bits per heavy atom. The summed E-state index contributed by atoms with van der Waals surface area (Å²) in [5.41, 5.74) is 6.64. The van der Waals surface area contributed by atoms with Gasteiger partial charge in [0.05, 0.1) is 19.8 Å². The van der Waals surface area contributed by atoms with Crippen LogP contribution in [0.2, 0.25) is 0 Å². The minimum absolute atomic E-state index is 0. The monoisotopic (exact) mass is 337 g/mol. The number of ether oxygens (including phenoxy) is 2. The zero-order valence-electron chi connectivity index (χ0n) is 13.1. The van der Waals surface area contributed by atoms with E-state index in [2.05, 4.69) is 10.1 Å². The molecular formula is C16H20ClN3O3. The Balaban J connectivity index is 0.00000192. The molecule has 1 heterocycles. The van der Waals surface area contributed by atoms with E-state index in [9.17, 15) is 0 Å². The van der Waals surface area contributed by atoms with Crippen molar-refractivity contribution in [2.45, 2.75) is 24.8 Å². The van der Waals surface area contributed by atoms with E-state index in [-0.39, 0.29) is 12.4 Å². The summed E-state index contributed by atoms with van der Waals surface area (Å²) < 4.78 is 15.8.